The van der Waals surface area contributed by atoms with Gasteiger partial charge in [0.25, 0.3) is 5.91 Å². The molecule has 0 aliphatic heterocycles. The first-order valence-electron chi connectivity index (χ1n) is 6.56. The molecule has 0 aliphatic carbocycles. The monoisotopic (exact) mass is 397 g/mol. The van der Waals surface area contributed by atoms with Crippen LogP contribution in [0.5, 0.6) is 0 Å². The maximum Gasteiger partial charge on any atom is 0.339 e. The highest BCUT2D eigenvalue weighted by atomic mass is 79.9. The van der Waals surface area contributed by atoms with Crippen LogP contribution in [0.4, 0.5) is 10.1 Å². The molecule has 23 heavy (non-hydrogen) atoms. The van der Waals surface area contributed by atoms with E-state index in [0.29, 0.717) is 10.0 Å². The van der Waals surface area contributed by atoms with E-state index in [1.54, 1.807) is 24.3 Å². The fourth-order valence-electron chi connectivity index (χ4n) is 1.80. The maximum atomic E-state index is 13.6. The molecule has 0 saturated carbocycles. The summed E-state index contributed by atoms with van der Waals surface area (Å²) in [6, 6.07) is 11.2. The second-order valence-corrected chi connectivity index (χ2v) is 6.21. The Kier molecular flexibility index (Phi) is 6.18. The van der Waals surface area contributed by atoms with Gasteiger partial charge < -0.3 is 10.1 Å². The van der Waals surface area contributed by atoms with E-state index in [1.165, 1.54) is 23.9 Å². The molecule has 0 saturated heterocycles. The summed E-state index contributed by atoms with van der Waals surface area (Å²) in [4.78, 5) is 24.5. The van der Waals surface area contributed by atoms with Gasteiger partial charge in [0.05, 0.1) is 11.3 Å². The molecule has 0 aromatic heterocycles. The molecular weight excluding hydrogens is 385 g/mol. The lowest BCUT2D eigenvalue weighted by Gasteiger charge is -2.09. The van der Waals surface area contributed by atoms with E-state index in [4.69, 9.17) is 4.74 Å². The van der Waals surface area contributed by atoms with Crippen molar-refractivity contribution in [2.45, 2.75) is 4.90 Å². The molecule has 0 radical (unpaired) electrons. The Labute approximate surface area is 145 Å². The van der Waals surface area contributed by atoms with E-state index in [0.717, 1.165) is 4.90 Å². The molecule has 2 aromatic rings. The molecule has 0 bridgehead atoms. The second-order valence-electron chi connectivity index (χ2n) is 4.45. The minimum Gasteiger partial charge on any atom is -0.452 e. The van der Waals surface area contributed by atoms with Crippen molar-refractivity contribution in [1.29, 1.82) is 0 Å². The third kappa shape index (κ3) is 4.80. The van der Waals surface area contributed by atoms with Gasteiger partial charge >= 0.3 is 5.97 Å². The molecule has 7 heteroatoms. The number of carbonyl (C=O) groups excluding carboxylic acids is 2. The van der Waals surface area contributed by atoms with E-state index in [-0.39, 0.29) is 5.69 Å². The Morgan fingerprint density at radius 2 is 2.00 bits per heavy atom. The van der Waals surface area contributed by atoms with Crippen LogP contribution in [-0.2, 0) is 9.53 Å². The number of halogens is 2. The molecule has 0 fully saturated rings. The fourth-order valence-corrected chi connectivity index (χ4v) is 2.72. The van der Waals surface area contributed by atoms with Gasteiger partial charge in [-0.15, -0.1) is 11.8 Å². The predicted octanol–water partition coefficient (Wildman–Crippen LogP) is 4.11. The van der Waals surface area contributed by atoms with Crippen molar-refractivity contribution < 1.29 is 18.7 Å². The highest BCUT2D eigenvalue weighted by molar-refractivity contribution is 9.10. The molecule has 0 unspecified atom stereocenters. The van der Waals surface area contributed by atoms with Crippen molar-refractivity contribution in [2.24, 2.45) is 0 Å². The molecule has 0 heterocycles. The van der Waals surface area contributed by atoms with Crippen LogP contribution in [0.3, 0.4) is 0 Å². The Hall–Kier alpha value is -1.86. The van der Waals surface area contributed by atoms with Crippen molar-refractivity contribution in [3.63, 3.8) is 0 Å². The van der Waals surface area contributed by atoms with Gasteiger partial charge in [0.1, 0.15) is 5.82 Å². The van der Waals surface area contributed by atoms with Crippen LogP contribution in [-0.4, -0.2) is 24.7 Å². The number of esters is 1. The molecule has 0 spiro atoms. The summed E-state index contributed by atoms with van der Waals surface area (Å²) in [7, 11) is 0. The number of carbonyl (C=O) groups is 2. The van der Waals surface area contributed by atoms with E-state index in [9.17, 15) is 14.0 Å². The number of benzene rings is 2. The van der Waals surface area contributed by atoms with Crippen molar-refractivity contribution in [1.82, 2.24) is 0 Å². The Bertz CT molecular complexity index is 739. The molecule has 0 atom stereocenters. The molecule has 0 aliphatic rings. The molecular formula is C16H13BrFNO3S. The van der Waals surface area contributed by atoms with E-state index in [2.05, 4.69) is 21.2 Å². The zero-order chi connectivity index (χ0) is 16.8. The summed E-state index contributed by atoms with van der Waals surface area (Å²) >= 11 is 4.54. The zero-order valence-electron chi connectivity index (χ0n) is 12.1. The Morgan fingerprint density at radius 3 is 2.70 bits per heavy atom. The van der Waals surface area contributed by atoms with Crippen LogP contribution in [0, 0.1) is 5.82 Å². The maximum absolute atomic E-state index is 13.6. The molecule has 1 N–H and O–H groups in total. The van der Waals surface area contributed by atoms with Crippen molar-refractivity contribution in [3.05, 3.63) is 58.3 Å². The van der Waals surface area contributed by atoms with Gasteiger partial charge in [-0.3, -0.25) is 4.79 Å². The number of nitrogens with one attached hydrogen (secondary N) is 1. The van der Waals surface area contributed by atoms with Crippen molar-refractivity contribution >= 4 is 45.3 Å². The molecule has 2 rings (SSSR count). The minimum absolute atomic E-state index is 0.0266. The summed E-state index contributed by atoms with van der Waals surface area (Å²) in [5, 5.41) is 2.36. The third-order valence-electron chi connectivity index (χ3n) is 2.87. The standard InChI is InChI=1S/C16H13BrFNO3S/c1-23-14-5-3-2-4-11(14)16(21)22-9-15(20)19-13-7-6-10(17)8-12(13)18/h2-8H,9H2,1H3,(H,19,20). The van der Waals surface area contributed by atoms with Gasteiger partial charge in [-0.2, -0.15) is 0 Å². The van der Waals surface area contributed by atoms with Crippen molar-refractivity contribution in [2.75, 3.05) is 18.2 Å². The predicted molar refractivity (Wildman–Crippen MR) is 91.2 cm³/mol. The first-order valence-corrected chi connectivity index (χ1v) is 8.58. The molecule has 1 amide bonds. The second kappa shape index (κ2) is 8.12. The van der Waals surface area contributed by atoms with E-state index in [1.807, 2.05) is 12.3 Å². The van der Waals surface area contributed by atoms with Crippen LogP contribution in [0.1, 0.15) is 10.4 Å². The first kappa shape index (κ1) is 17.5. The number of thioether (sulfide) groups is 1. The van der Waals surface area contributed by atoms with E-state index < -0.39 is 24.3 Å². The molecule has 4 nitrogen and oxygen atoms in total. The van der Waals surface area contributed by atoms with Gasteiger partial charge in [0, 0.05) is 9.37 Å². The number of rotatable bonds is 5. The summed E-state index contributed by atoms with van der Waals surface area (Å²) in [5.74, 6) is -1.78. The SMILES string of the molecule is CSc1ccccc1C(=O)OCC(=O)Nc1ccc(Br)cc1F. The topological polar surface area (TPSA) is 55.4 Å². The minimum atomic E-state index is -0.610. The van der Waals surface area contributed by atoms with Crippen LogP contribution in [0.2, 0.25) is 0 Å². The van der Waals surface area contributed by atoms with Gasteiger partial charge in [-0.05, 0) is 36.6 Å². The van der Waals surface area contributed by atoms with Gasteiger partial charge in [0.2, 0.25) is 0 Å². The van der Waals surface area contributed by atoms with Crippen molar-refractivity contribution in [3.8, 4) is 0 Å². The van der Waals surface area contributed by atoms with Crippen LogP contribution in [0.25, 0.3) is 0 Å². The fraction of sp³-hybridized carbons (Fsp3) is 0.125. The van der Waals surface area contributed by atoms with Crippen LogP contribution in [0.15, 0.2) is 51.8 Å². The summed E-state index contributed by atoms with van der Waals surface area (Å²) in [5.41, 5.74) is 0.418. The highest BCUT2D eigenvalue weighted by Crippen LogP contribution is 2.21. The third-order valence-corrected chi connectivity index (χ3v) is 4.16. The molecule has 120 valence electrons. The lowest BCUT2D eigenvalue weighted by atomic mass is 10.2. The zero-order valence-corrected chi connectivity index (χ0v) is 14.5. The number of ether oxygens (including phenoxy) is 1. The summed E-state index contributed by atoms with van der Waals surface area (Å²) < 4.78 is 19.2. The smallest absolute Gasteiger partial charge is 0.339 e. The van der Waals surface area contributed by atoms with Crippen LogP contribution < -0.4 is 5.32 Å². The highest BCUT2D eigenvalue weighted by Gasteiger charge is 2.14. The summed E-state index contributed by atoms with van der Waals surface area (Å²) in [6.07, 6.45) is 1.84. The average Bonchev–Trinajstić information content (AvgIpc) is 2.55. The lowest BCUT2D eigenvalue weighted by Crippen LogP contribution is -2.21. The molecule has 2 aromatic carbocycles. The quantitative estimate of drug-likeness (QED) is 0.609. The first-order chi connectivity index (χ1) is 11.0. The van der Waals surface area contributed by atoms with Gasteiger partial charge in [-0.25, -0.2) is 9.18 Å². The number of anilines is 1. The Balaban J connectivity index is 1.95. The normalized spacial score (nSPS) is 10.2. The number of hydrogen-bond donors (Lipinski definition) is 1. The largest absolute Gasteiger partial charge is 0.452 e. The number of hydrogen-bond acceptors (Lipinski definition) is 4. The van der Waals surface area contributed by atoms with Gasteiger partial charge in [-0.1, -0.05) is 28.1 Å². The van der Waals surface area contributed by atoms with Crippen LogP contribution >= 0.6 is 27.7 Å². The average molecular weight is 398 g/mol. The number of amides is 1. The summed E-state index contributed by atoms with van der Waals surface area (Å²) in [6.45, 7) is -0.489. The van der Waals surface area contributed by atoms with E-state index >= 15 is 0 Å². The Morgan fingerprint density at radius 1 is 1.26 bits per heavy atom. The lowest BCUT2D eigenvalue weighted by molar-refractivity contribution is -0.119. The van der Waals surface area contributed by atoms with Gasteiger partial charge in [0.15, 0.2) is 6.61 Å².